The fourth-order valence-corrected chi connectivity index (χ4v) is 2.34. The summed E-state index contributed by atoms with van der Waals surface area (Å²) in [5, 5.41) is 11.9. The molecule has 1 saturated heterocycles. The molecule has 1 aliphatic heterocycles. The number of nitrogens with zero attached hydrogens (tertiary/aromatic N) is 4. The molecule has 2 heterocycles. The van der Waals surface area contributed by atoms with Gasteiger partial charge in [-0.1, -0.05) is 6.08 Å². The minimum absolute atomic E-state index is 0.0710. The first kappa shape index (κ1) is 14.9. The van der Waals surface area contributed by atoms with Crippen LogP contribution in [0.4, 0.5) is 10.6 Å². The lowest BCUT2D eigenvalue weighted by atomic mass is 10.2. The van der Waals surface area contributed by atoms with Gasteiger partial charge in [-0.2, -0.15) is 5.26 Å². The second-order valence-corrected chi connectivity index (χ2v) is 4.79. The maximum absolute atomic E-state index is 12.0. The number of rotatable bonds is 3. The number of hydrogen-bond donors (Lipinski definition) is 1. The van der Waals surface area contributed by atoms with Crippen molar-refractivity contribution in [1.29, 1.82) is 5.26 Å². The monoisotopic (exact) mass is 285 g/mol. The van der Waals surface area contributed by atoms with Gasteiger partial charge in [0.25, 0.3) is 0 Å². The van der Waals surface area contributed by atoms with Crippen LogP contribution < -0.4 is 10.2 Å². The highest BCUT2D eigenvalue weighted by atomic mass is 16.2. The van der Waals surface area contributed by atoms with Gasteiger partial charge in [0.1, 0.15) is 11.9 Å². The Morgan fingerprint density at radius 3 is 3.10 bits per heavy atom. The highest BCUT2D eigenvalue weighted by Gasteiger charge is 2.20. The van der Waals surface area contributed by atoms with Crippen LogP contribution >= 0.6 is 0 Å². The first-order valence-electron chi connectivity index (χ1n) is 7.00. The zero-order chi connectivity index (χ0) is 15.1. The fraction of sp³-hybridized carbons (Fsp3) is 0.400. The predicted octanol–water partition coefficient (Wildman–Crippen LogP) is 1.36. The van der Waals surface area contributed by atoms with E-state index in [1.165, 1.54) is 0 Å². The van der Waals surface area contributed by atoms with Crippen LogP contribution in [0.2, 0.25) is 0 Å². The Hall–Kier alpha value is -2.55. The minimum atomic E-state index is -0.0710. The van der Waals surface area contributed by atoms with E-state index in [1.54, 1.807) is 29.3 Å². The van der Waals surface area contributed by atoms with E-state index in [0.29, 0.717) is 37.6 Å². The second-order valence-electron chi connectivity index (χ2n) is 4.79. The minimum Gasteiger partial charge on any atom is -0.354 e. The molecule has 0 atom stereocenters. The van der Waals surface area contributed by atoms with Crippen LogP contribution in [-0.4, -0.2) is 48.6 Å². The van der Waals surface area contributed by atoms with Gasteiger partial charge in [0.05, 0.1) is 5.56 Å². The summed E-state index contributed by atoms with van der Waals surface area (Å²) in [6.45, 7) is 6.84. The summed E-state index contributed by atoms with van der Waals surface area (Å²) in [4.78, 5) is 20.1. The summed E-state index contributed by atoms with van der Waals surface area (Å²) in [7, 11) is 0. The third-order valence-electron chi connectivity index (χ3n) is 3.39. The van der Waals surface area contributed by atoms with E-state index in [4.69, 9.17) is 5.26 Å². The van der Waals surface area contributed by atoms with Crippen molar-refractivity contribution in [2.75, 3.05) is 37.6 Å². The van der Waals surface area contributed by atoms with Gasteiger partial charge in [0.2, 0.25) is 0 Å². The van der Waals surface area contributed by atoms with E-state index in [-0.39, 0.29) is 6.03 Å². The first-order chi connectivity index (χ1) is 10.3. The Morgan fingerprint density at radius 1 is 1.48 bits per heavy atom. The molecule has 1 aromatic heterocycles. The quantitative estimate of drug-likeness (QED) is 0.851. The van der Waals surface area contributed by atoms with Gasteiger partial charge < -0.3 is 15.1 Å². The van der Waals surface area contributed by atoms with Gasteiger partial charge in [-0.25, -0.2) is 9.78 Å². The lowest BCUT2D eigenvalue weighted by molar-refractivity contribution is 0.202. The molecule has 1 fully saturated rings. The molecule has 0 aliphatic carbocycles. The molecule has 6 nitrogen and oxygen atoms in total. The molecule has 0 spiro atoms. The molecule has 0 unspecified atom stereocenters. The standard InChI is InChI=1S/C15H19N5O/c1-2-6-18-15(21)20-9-4-8-19(10-11-20)14-13(12-16)5-3-7-17-14/h2-3,5,7H,1,4,6,8-11H2,(H,18,21). The average molecular weight is 285 g/mol. The molecule has 0 aromatic carbocycles. The summed E-state index contributed by atoms with van der Waals surface area (Å²) in [5.41, 5.74) is 0.571. The number of nitriles is 1. The third kappa shape index (κ3) is 3.72. The second kappa shape index (κ2) is 7.29. The SMILES string of the molecule is C=CCNC(=O)N1CCCN(c2ncccc2C#N)CC1. The number of pyridine rings is 1. The number of carbonyl (C=O) groups excluding carboxylic acids is 1. The molecule has 1 N–H and O–H groups in total. The van der Waals surface area contributed by atoms with E-state index in [2.05, 4.69) is 27.8 Å². The number of hydrogen-bond acceptors (Lipinski definition) is 4. The Kier molecular flexibility index (Phi) is 5.16. The molecule has 0 radical (unpaired) electrons. The van der Waals surface area contributed by atoms with Crippen LogP contribution in [0, 0.1) is 11.3 Å². The van der Waals surface area contributed by atoms with Gasteiger partial charge in [0, 0.05) is 38.9 Å². The number of carbonyl (C=O) groups is 1. The van der Waals surface area contributed by atoms with E-state index in [9.17, 15) is 4.79 Å². The highest BCUT2D eigenvalue weighted by Crippen LogP contribution is 2.18. The van der Waals surface area contributed by atoms with Crippen LogP contribution in [-0.2, 0) is 0 Å². The van der Waals surface area contributed by atoms with E-state index in [1.807, 2.05) is 0 Å². The summed E-state index contributed by atoms with van der Waals surface area (Å²) in [5.74, 6) is 0.702. The maximum atomic E-state index is 12.0. The Morgan fingerprint density at radius 2 is 2.33 bits per heavy atom. The largest absolute Gasteiger partial charge is 0.354 e. The summed E-state index contributed by atoms with van der Waals surface area (Å²) in [6, 6.07) is 5.62. The van der Waals surface area contributed by atoms with Crippen LogP contribution in [0.5, 0.6) is 0 Å². The average Bonchev–Trinajstić information content (AvgIpc) is 2.78. The number of aromatic nitrogens is 1. The number of nitrogens with one attached hydrogen (secondary N) is 1. The van der Waals surface area contributed by atoms with Crippen molar-refractivity contribution in [2.24, 2.45) is 0 Å². The summed E-state index contributed by atoms with van der Waals surface area (Å²) in [6.07, 6.45) is 4.20. The predicted molar refractivity (Wildman–Crippen MR) is 81.0 cm³/mol. The molecular weight excluding hydrogens is 266 g/mol. The molecule has 0 saturated carbocycles. The van der Waals surface area contributed by atoms with Crippen molar-refractivity contribution in [1.82, 2.24) is 15.2 Å². The lowest BCUT2D eigenvalue weighted by Gasteiger charge is -2.23. The topological polar surface area (TPSA) is 72.3 Å². The Bertz CT molecular complexity index is 551. The van der Waals surface area contributed by atoms with Gasteiger partial charge in [0.15, 0.2) is 0 Å². The van der Waals surface area contributed by atoms with Gasteiger partial charge in [-0.05, 0) is 18.6 Å². The molecule has 1 aliphatic rings. The summed E-state index contributed by atoms with van der Waals surface area (Å²) < 4.78 is 0. The van der Waals surface area contributed by atoms with Crippen molar-refractivity contribution >= 4 is 11.8 Å². The number of anilines is 1. The normalized spacial score (nSPS) is 15.0. The van der Waals surface area contributed by atoms with E-state index in [0.717, 1.165) is 13.0 Å². The Labute approximate surface area is 124 Å². The first-order valence-corrected chi connectivity index (χ1v) is 7.00. The lowest BCUT2D eigenvalue weighted by Crippen LogP contribution is -2.42. The molecule has 1 aromatic rings. The van der Waals surface area contributed by atoms with Crippen LogP contribution in [0.1, 0.15) is 12.0 Å². The van der Waals surface area contributed by atoms with Crippen molar-refractivity contribution in [3.63, 3.8) is 0 Å². The fourth-order valence-electron chi connectivity index (χ4n) is 2.34. The molecule has 6 heteroatoms. The summed E-state index contributed by atoms with van der Waals surface area (Å²) >= 11 is 0. The third-order valence-corrected chi connectivity index (χ3v) is 3.39. The molecule has 21 heavy (non-hydrogen) atoms. The Balaban J connectivity index is 2.02. The van der Waals surface area contributed by atoms with Crippen LogP contribution in [0.15, 0.2) is 31.0 Å². The van der Waals surface area contributed by atoms with Gasteiger partial charge in [-0.15, -0.1) is 6.58 Å². The highest BCUT2D eigenvalue weighted by molar-refractivity contribution is 5.74. The molecule has 110 valence electrons. The van der Waals surface area contributed by atoms with Crippen molar-refractivity contribution in [2.45, 2.75) is 6.42 Å². The molecule has 2 amide bonds. The molecule has 0 bridgehead atoms. The molecule has 2 rings (SSSR count). The molecular formula is C15H19N5O. The zero-order valence-corrected chi connectivity index (χ0v) is 12.0. The number of amides is 2. The van der Waals surface area contributed by atoms with E-state index >= 15 is 0 Å². The van der Waals surface area contributed by atoms with Gasteiger partial charge >= 0.3 is 6.03 Å². The maximum Gasteiger partial charge on any atom is 0.317 e. The van der Waals surface area contributed by atoms with Gasteiger partial charge in [-0.3, -0.25) is 0 Å². The number of urea groups is 1. The van der Waals surface area contributed by atoms with Crippen molar-refractivity contribution < 1.29 is 4.79 Å². The smallest absolute Gasteiger partial charge is 0.317 e. The van der Waals surface area contributed by atoms with E-state index < -0.39 is 0 Å². The van der Waals surface area contributed by atoms with Crippen molar-refractivity contribution in [3.8, 4) is 6.07 Å². The zero-order valence-electron chi connectivity index (χ0n) is 12.0. The van der Waals surface area contributed by atoms with Crippen LogP contribution in [0.25, 0.3) is 0 Å². The van der Waals surface area contributed by atoms with Crippen LogP contribution in [0.3, 0.4) is 0 Å². The van der Waals surface area contributed by atoms with Crippen molar-refractivity contribution in [3.05, 3.63) is 36.5 Å².